The lowest BCUT2D eigenvalue weighted by Crippen LogP contribution is -2.20. The first-order valence-corrected chi connectivity index (χ1v) is 16.4. The number of hydrogen-bond donors (Lipinski definition) is 8. The van der Waals surface area contributed by atoms with Crippen molar-refractivity contribution in [3.63, 3.8) is 0 Å². The predicted octanol–water partition coefficient (Wildman–Crippen LogP) is 2.04. The van der Waals surface area contributed by atoms with Crippen molar-refractivity contribution in [3.05, 3.63) is 48.5 Å². The highest BCUT2D eigenvalue weighted by molar-refractivity contribution is 7.87. The highest BCUT2D eigenvalue weighted by Gasteiger charge is 2.26. The molecule has 0 aliphatic carbocycles. The van der Waals surface area contributed by atoms with E-state index in [4.69, 9.17) is 0 Å². The van der Waals surface area contributed by atoms with E-state index < -0.39 is 111 Å². The molecule has 224 valence electrons. The Morgan fingerprint density at radius 3 is 1.10 bits per heavy atom. The van der Waals surface area contributed by atoms with Crippen LogP contribution in [0.3, 0.4) is 0 Å². The van der Waals surface area contributed by atoms with Gasteiger partial charge >= 0.3 is 6.03 Å². The van der Waals surface area contributed by atoms with Crippen molar-refractivity contribution in [2.75, 3.05) is 10.6 Å². The summed E-state index contributed by atoms with van der Waals surface area (Å²) >= 11 is 0. The topological polar surface area (TPSA) is 299 Å². The van der Waals surface area contributed by atoms with E-state index in [0.29, 0.717) is 24.3 Å². The van der Waals surface area contributed by atoms with Gasteiger partial charge in [-0.15, -0.1) is 0 Å². The number of anilines is 2. The minimum Gasteiger partial charge on any atom is -0.507 e. The monoisotopic (exact) mass is 664 g/mol. The number of urea groups is 1. The van der Waals surface area contributed by atoms with Crippen LogP contribution in [0.2, 0.25) is 0 Å². The predicted molar refractivity (Wildman–Crippen MR) is 143 cm³/mol. The maximum absolute atomic E-state index is 12.8. The lowest BCUT2D eigenvalue weighted by molar-refractivity contribution is 0.262. The highest BCUT2D eigenvalue weighted by Crippen LogP contribution is 2.39. The van der Waals surface area contributed by atoms with Crippen molar-refractivity contribution in [1.82, 2.24) is 0 Å². The van der Waals surface area contributed by atoms with Crippen molar-refractivity contribution < 1.29 is 66.9 Å². The molecular formula is C21H16N2O15S4. The number of phenols is 2. The zero-order valence-electron chi connectivity index (χ0n) is 20.1. The van der Waals surface area contributed by atoms with Crippen LogP contribution >= 0.6 is 0 Å². The Hall–Kier alpha value is -4.09. The number of phenolic OH excluding ortho intramolecular Hbond substituents is 2. The molecule has 0 atom stereocenters. The summed E-state index contributed by atoms with van der Waals surface area (Å²) in [6, 6.07) is 4.33. The van der Waals surface area contributed by atoms with E-state index >= 15 is 0 Å². The first-order valence-electron chi connectivity index (χ1n) is 10.7. The first kappa shape index (κ1) is 30.9. The summed E-state index contributed by atoms with van der Waals surface area (Å²) in [7, 11) is -20.5. The second-order valence-corrected chi connectivity index (χ2v) is 14.0. The van der Waals surface area contributed by atoms with Crippen LogP contribution in [-0.4, -0.2) is 68.1 Å². The molecule has 0 aliphatic rings. The summed E-state index contributed by atoms with van der Waals surface area (Å²) in [4.78, 5) is 8.77. The van der Waals surface area contributed by atoms with Crippen LogP contribution in [0.25, 0.3) is 21.5 Å². The van der Waals surface area contributed by atoms with E-state index in [9.17, 15) is 66.9 Å². The third-order valence-electron chi connectivity index (χ3n) is 5.66. The largest absolute Gasteiger partial charge is 0.507 e. The minimum atomic E-state index is -5.21. The van der Waals surface area contributed by atoms with E-state index in [2.05, 4.69) is 0 Å². The molecule has 0 saturated heterocycles. The fourth-order valence-electron chi connectivity index (χ4n) is 4.10. The average molecular weight is 665 g/mol. The number of aromatic hydroxyl groups is 2. The van der Waals surface area contributed by atoms with Gasteiger partial charge in [-0.25, -0.2) is 4.79 Å². The Bertz CT molecular complexity index is 2120. The molecule has 0 bridgehead atoms. The van der Waals surface area contributed by atoms with Gasteiger partial charge in [0.05, 0.1) is 0 Å². The molecule has 0 spiro atoms. The highest BCUT2D eigenvalue weighted by atomic mass is 32.2. The summed E-state index contributed by atoms with van der Waals surface area (Å²) in [5.41, 5.74) is -1.12. The second kappa shape index (κ2) is 10.0. The molecule has 42 heavy (non-hydrogen) atoms. The molecular weight excluding hydrogens is 648 g/mol. The van der Waals surface area contributed by atoms with Crippen LogP contribution in [0.4, 0.5) is 16.2 Å². The summed E-state index contributed by atoms with van der Waals surface area (Å²) in [5, 5.41) is 21.6. The first-order chi connectivity index (χ1) is 19.1. The number of rotatable bonds is 6. The quantitative estimate of drug-likeness (QED) is 0.137. The molecule has 8 N–H and O–H groups in total. The van der Waals surface area contributed by atoms with Crippen LogP contribution in [0, 0.1) is 0 Å². The molecule has 0 unspecified atom stereocenters. The number of nitrogens with one attached hydrogen (secondary N) is 2. The summed E-state index contributed by atoms with van der Waals surface area (Å²) in [6.45, 7) is 0. The molecule has 17 nitrogen and oxygen atoms in total. The van der Waals surface area contributed by atoms with Gasteiger partial charge in [-0.3, -0.25) is 18.2 Å². The zero-order chi connectivity index (χ0) is 31.6. The smallest absolute Gasteiger partial charge is 0.323 e. The van der Waals surface area contributed by atoms with Gasteiger partial charge in [-0.05, 0) is 48.5 Å². The standard InChI is InChI=1S/C21H16N2O15S4/c24-13-1-3-15(39(27,28)29)11-5-9(7-17(19(11)13)41(33,34)35)22-21(26)23-10-6-12-16(40(30,31)32)4-2-14(25)20(12)18(8-10)42(36,37)38/h1-8,24-25H,(H2,22,23,26)(H,27,28,29)(H,30,31,32)(H,33,34,35)(H,36,37,38). The Balaban J connectivity index is 1.88. The van der Waals surface area contributed by atoms with E-state index in [1.54, 1.807) is 0 Å². The Morgan fingerprint density at radius 2 is 0.810 bits per heavy atom. The van der Waals surface area contributed by atoms with Crippen molar-refractivity contribution >= 4 is 79.4 Å². The third-order valence-corrected chi connectivity index (χ3v) is 9.24. The molecule has 4 aromatic rings. The molecule has 0 heterocycles. The van der Waals surface area contributed by atoms with Gasteiger partial charge in [0.2, 0.25) is 0 Å². The zero-order valence-corrected chi connectivity index (χ0v) is 23.4. The molecule has 4 aromatic carbocycles. The number of hydrogen-bond acceptors (Lipinski definition) is 11. The van der Waals surface area contributed by atoms with E-state index in [1.807, 2.05) is 10.6 Å². The van der Waals surface area contributed by atoms with Gasteiger partial charge in [0.1, 0.15) is 31.1 Å². The number of carbonyl (C=O) groups excluding carboxylic acids is 1. The van der Waals surface area contributed by atoms with Gasteiger partial charge in [-0.1, -0.05) is 0 Å². The van der Waals surface area contributed by atoms with Crippen LogP contribution in [0.15, 0.2) is 68.1 Å². The second-order valence-electron chi connectivity index (χ2n) is 8.44. The van der Waals surface area contributed by atoms with Crippen LogP contribution in [0.5, 0.6) is 11.5 Å². The molecule has 0 aliphatic heterocycles. The van der Waals surface area contributed by atoms with Gasteiger partial charge in [-0.2, -0.15) is 33.7 Å². The van der Waals surface area contributed by atoms with Gasteiger partial charge in [0.25, 0.3) is 40.5 Å². The van der Waals surface area contributed by atoms with Gasteiger partial charge < -0.3 is 20.8 Å². The van der Waals surface area contributed by atoms with E-state index in [1.165, 1.54) is 0 Å². The van der Waals surface area contributed by atoms with E-state index in [0.717, 1.165) is 24.3 Å². The Kier molecular flexibility index (Phi) is 7.36. The van der Waals surface area contributed by atoms with E-state index in [-0.39, 0.29) is 0 Å². The molecule has 0 saturated carbocycles. The van der Waals surface area contributed by atoms with Crippen molar-refractivity contribution in [2.24, 2.45) is 0 Å². The normalized spacial score (nSPS) is 12.9. The molecule has 0 fully saturated rings. The van der Waals surface area contributed by atoms with Gasteiger partial charge in [0, 0.05) is 32.9 Å². The van der Waals surface area contributed by atoms with Crippen LogP contribution in [-0.2, 0) is 40.5 Å². The van der Waals surface area contributed by atoms with Crippen LogP contribution in [0.1, 0.15) is 0 Å². The molecule has 0 aromatic heterocycles. The van der Waals surface area contributed by atoms with Crippen LogP contribution < -0.4 is 10.6 Å². The number of benzene rings is 4. The van der Waals surface area contributed by atoms with Crippen molar-refractivity contribution in [2.45, 2.75) is 19.6 Å². The Morgan fingerprint density at radius 1 is 0.500 bits per heavy atom. The fourth-order valence-corrected chi connectivity index (χ4v) is 6.95. The Labute approximate surface area is 236 Å². The molecule has 2 amide bonds. The summed E-state index contributed by atoms with van der Waals surface area (Å²) in [6.07, 6.45) is 0. The maximum Gasteiger partial charge on any atom is 0.323 e. The van der Waals surface area contributed by atoms with Crippen molar-refractivity contribution in [3.8, 4) is 11.5 Å². The SMILES string of the molecule is O=C(Nc1cc(S(=O)(=O)O)c2c(O)ccc(S(=O)(=O)O)c2c1)Nc1cc(S(=O)(=O)O)c2c(O)ccc(S(=O)(=O)O)c2c1. The third kappa shape index (κ3) is 5.93. The fraction of sp³-hybridized carbons (Fsp3) is 0. The lowest BCUT2D eigenvalue weighted by atomic mass is 10.1. The van der Waals surface area contributed by atoms with Crippen molar-refractivity contribution in [1.29, 1.82) is 0 Å². The molecule has 21 heteroatoms. The maximum atomic E-state index is 12.8. The number of fused-ring (bicyclic) bond motifs is 2. The summed E-state index contributed by atoms with van der Waals surface area (Å²) < 4.78 is 134. The number of amides is 2. The lowest BCUT2D eigenvalue weighted by Gasteiger charge is -2.15. The van der Waals surface area contributed by atoms with Gasteiger partial charge in [0.15, 0.2) is 0 Å². The average Bonchev–Trinajstić information content (AvgIpc) is 2.80. The summed E-state index contributed by atoms with van der Waals surface area (Å²) in [5.74, 6) is -1.65. The molecule has 4 rings (SSSR count). The minimum absolute atomic E-state index is 0.560. The number of carbonyl (C=O) groups is 1. The molecule has 0 radical (unpaired) electrons.